The lowest BCUT2D eigenvalue weighted by Gasteiger charge is -2.07. The van der Waals surface area contributed by atoms with Crippen molar-refractivity contribution in [3.63, 3.8) is 0 Å². The van der Waals surface area contributed by atoms with E-state index < -0.39 is 0 Å². The highest BCUT2D eigenvalue weighted by Crippen LogP contribution is 2.17. The summed E-state index contributed by atoms with van der Waals surface area (Å²) in [7, 11) is 0. The minimum absolute atomic E-state index is 0.255. The van der Waals surface area contributed by atoms with Gasteiger partial charge in [0.2, 0.25) is 0 Å². The molecule has 15 heavy (non-hydrogen) atoms. The molecule has 0 bridgehead atoms. The van der Waals surface area contributed by atoms with E-state index in [9.17, 15) is 0 Å². The Morgan fingerprint density at radius 2 is 1.73 bits per heavy atom. The molecule has 1 unspecified atom stereocenters. The molecule has 1 rings (SSSR count). The standard InChI is InChI=1S/C11H19N3S/c1-7(12)5-6-15-11-13-9(3)8(2)10(4)14-11/h7H,5-6,12H2,1-4H3. The third-order valence-electron chi connectivity index (χ3n) is 2.42. The third-order valence-corrected chi connectivity index (χ3v) is 3.30. The van der Waals surface area contributed by atoms with Gasteiger partial charge < -0.3 is 5.73 Å². The van der Waals surface area contributed by atoms with Crippen LogP contribution in [-0.4, -0.2) is 21.8 Å². The van der Waals surface area contributed by atoms with E-state index in [4.69, 9.17) is 5.73 Å². The molecule has 4 heteroatoms. The van der Waals surface area contributed by atoms with Gasteiger partial charge in [0.15, 0.2) is 5.16 Å². The van der Waals surface area contributed by atoms with Crippen LogP contribution in [0.15, 0.2) is 5.16 Å². The first-order chi connectivity index (χ1) is 7.00. The summed E-state index contributed by atoms with van der Waals surface area (Å²) in [5, 5.41) is 0.872. The quantitative estimate of drug-likeness (QED) is 0.630. The van der Waals surface area contributed by atoms with E-state index in [2.05, 4.69) is 16.9 Å². The Hall–Kier alpha value is -0.610. The van der Waals surface area contributed by atoms with Crippen LogP contribution in [0.25, 0.3) is 0 Å². The van der Waals surface area contributed by atoms with E-state index in [1.807, 2.05) is 20.8 Å². The van der Waals surface area contributed by atoms with Gasteiger partial charge in [-0.1, -0.05) is 11.8 Å². The number of hydrogen-bond donors (Lipinski definition) is 1. The Kier molecular flexibility index (Phi) is 4.54. The van der Waals surface area contributed by atoms with Crippen molar-refractivity contribution in [1.29, 1.82) is 0 Å². The van der Waals surface area contributed by atoms with Crippen LogP contribution in [0.5, 0.6) is 0 Å². The van der Waals surface area contributed by atoms with Crippen molar-refractivity contribution in [3.8, 4) is 0 Å². The molecule has 0 aliphatic carbocycles. The summed E-state index contributed by atoms with van der Waals surface area (Å²) in [4.78, 5) is 8.88. The molecule has 0 aromatic carbocycles. The van der Waals surface area contributed by atoms with Gasteiger partial charge in [0.05, 0.1) is 0 Å². The molecule has 0 saturated heterocycles. The fourth-order valence-electron chi connectivity index (χ4n) is 1.14. The van der Waals surface area contributed by atoms with Crippen molar-refractivity contribution >= 4 is 11.8 Å². The highest BCUT2D eigenvalue weighted by Gasteiger charge is 2.05. The summed E-state index contributed by atoms with van der Waals surface area (Å²) in [6.07, 6.45) is 1.000. The lowest BCUT2D eigenvalue weighted by Crippen LogP contribution is -2.15. The first-order valence-electron chi connectivity index (χ1n) is 5.21. The van der Waals surface area contributed by atoms with Gasteiger partial charge in [-0.05, 0) is 39.7 Å². The van der Waals surface area contributed by atoms with Crippen molar-refractivity contribution < 1.29 is 0 Å². The number of nitrogens with two attached hydrogens (primary N) is 1. The van der Waals surface area contributed by atoms with Crippen LogP contribution in [-0.2, 0) is 0 Å². The summed E-state index contributed by atoms with van der Waals surface area (Å²) in [6.45, 7) is 8.13. The molecule has 1 aromatic rings. The molecular weight excluding hydrogens is 206 g/mol. The predicted molar refractivity (Wildman–Crippen MR) is 65.2 cm³/mol. The molecule has 0 saturated carbocycles. The Labute approximate surface area is 95.9 Å². The zero-order valence-electron chi connectivity index (χ0n) is 9.87. The van der Waals surface area contributed by atoms with E-state index in [0.29, 0.717) is 0 Å². The Bertz CT molecular complexity index is 314. The maximum atomic E-state index is 5.69. The molecule has 1 atom stereocenters. The Morgan fingerprint density at radius 1 is 1.20 bits per heavy atom. The average Bonchev–Trinajstić information content (AvgIpc) is 2.13. The average molecular weight is 225 g/mol. The highest BCUT2D eigenvalue weighted by molar-refractivity contribution is 7.99. The molecule has 0 amide bonds. The maximum absolute atomic E-state index is 5.69. The first kappa shape index (κ1) is 12.5. The highest BCUT2D eigenvalue weighted by atomic mass is 32.2. The van der Waals surface area contributed by atoms with E-state index in [0.717, 1.165) is 28.7 Å². The van der Waals surface area contributed by atoms with Crippen LogP contribution < -0.4 is 5.73 Å². The predicted octanol–water partition coefficient (Wildman–Crippen LogP) is 2.23. The van der Waals surface area contributed by atoms with Crippen molar-refractivity contribution in [3.05, 3.63) is 17.0 Å². The SMILES string of the molecule is Cc1nc(SCCC(C)N)nc(C)c1C. The summed E-state index contributed by atoms with van der Waals surface area (Å²) in [5.41, 5.74) is 9.02. The number of aromatic nitrogens is 2. The molecule has 0 spiro atoms. The molecule has 0 fully saturated rings. The van der Waals surface area contributed by atoms with Gasteiger partial charge in [-0.25, -0.2) is 9.97 Å². The fraction of sp³-hybridized carbons (Fsp3) is 0.636. The lowest BCUT2D eigenvalue weighted by molar-refractivity contribution is 0.720. The number of aryl methyl sites for hydroxylation is 2. The number of nitrogens with zero attached hydrogens (tertiary/aromatic N) is 2. The van der Waals surface area contributed by atoms with Gasteiger partial charge in [0.1, 0.15) is 0 Å². The van der Waals surface area contributed by atoms with Crippen LogP contribution in [0, 0.1) is 20.8 Å². The molecule has 0 aliphatic heterocycles. The summed E-state index contributed by atoms with van der Waals surface area (Å²) < 4.78 is 0. The van der Waals surface area contributed by atoms with Gasteiger partial charge in [0, 0.05) is 23.2 Å². The second-order valence-corrected chi connectivity index (χ2v) is 4.98. The van der Waals surface area contributed by atoms with Crippen molar-refractivity contribution in [2.24, 2.45) is 5.73 Å². The minimum atomic E-state index is 0.255. The molecule has 0 aliphatic rings. The smallest absolute Gasteiger partial charge is 0.187 e. The van der Waals surface area contributed by atoms with E-state index >= 15 is 0 Å². The van der Waals surface area contributed by atoms with Gasteiger partial charge in [-0.3, -0.25) is 0 Å². The first-order valence-corrected chi connectivity index (χ1v) is 6.19. The zero-order valence-corrected chi connectivity index (χ0v) is 10.7. The van der Waals surface area contributed by atoms with Crippen LogP contribution in [0.2, 0.25) is 0 Å². The van der Waals surface area contributed by atoms with Gasteiger partial charge in [0.25, 0.3) is 0 Å². The zero-order chi connectivity index (χ0) is 11.4. The third kappa shape index (κ3) is 3.80. The van der Waals surface area contributed by atoms with E-state index in [-0.39, 0.29) is 6.04 Å². The largest absolute Gasteiger partial charge is 0.328 e. The van der Waals surface area contributed by atoms with Crippen LogP contribution in [0.1, 0.15) is 30.3 Å². The van der Waals surface area contributed by atoms with E-state index in [1.54, 1.807) is 11.8 Å². The van der Waals surface area contributed by atoms with Crippen molar-refractivity contribution in [2.75, 3.05) is 5.75 Å². The molecule has 84 valence electrons. The molecule has 1 aromatic heterocycles. The number of hydrogen-bond acceptors (Lipinski definition) is 4. The number of thioether (sulfide) groups is 1. The molecule has 1 heterocycles. The molecule has 2 N–H and O–H groups in total. The summed E-state index contributed by atoms with van der Waals surface area (Å²) in [5.74, 6) is 0.986. The van der Waals surface area contributed by atoms with Crippen LogP contribution in [0.4, 0.5) is 0 Å². The van der Waals surface area contributed by atoms with Crippen LogP contribution in [0.3, 0.4) is 0 Å². The van der Waals surface area contributed by atoms with Crippen molar-refractivity contribution in [2.45, 2.75) is 45.3 Å². The Morgan fingerprint density at radius 3 is 2.20 bits per heavy atom. The fourth-order valence-corrected chi connectivity index (χ4v) is 2.22. The van der Waals surface area contributed by atoms with Gasteiger partial charge in [-0.2, -0.15) is 0 Å². The van der Waals surface area contributed by atoms with Gasteiger partial charge >= 0.3 is 0 Å². The Balaban J connectivity index is 2.63. The minimum Gasteiger partial charge on any atom is -0.328 e. The van der Waals surface area contributed by atoms with E-state index in [1.165, 1.54) is 5.56 Å². The molecular formula is C11H19N3S. The second-order valence-electron chi connectivity index (χ2n) is 3.92. The lowest BCUT2D eigenvalue weighted by atomic mass is 10.2. The number of rotatable bonds is 4. The summed E-state index contributed by atoms with van der Waals surface area (Å²) >= 11 is 1.68. The normalized spacial score (nSPS) is 12.9. The van der Waals surface area contributed by atoms with Gasteiger partial charge in [-0.15, -0.1) is 0 Å². The van der Waals surface area contributed by atoms with Crippen molar-refractivity contribution in [1.82, 2.24) is 9.97 Å². The monoisotopic (exact) mass is 225 g/mol. The maximum Gasteiger partial charge on any atom is 0.187 e. The molecule has 0 radical (unpaired) electrons. The van der Waals surface area contributed by atoms with Crippen LogP contribution >= 0.6 is 11.8 Å². The second kappa shape index (κ2) is 5.47. The topological polar surface area (TPSA) is 51.8 Å². The summed E-state index contributed by atoms with van der Waals surface area (Å²) in [6, 6.07) is 0.255. The molecule has 3 nitrogen and oxygen atoms in total.